The van der Waals surface area contributed by atoms with Gasteiger partial charge in [0.25, 0.3) is 5.91 Å². The predicted molar refractivity (Wildman–Crippen MR) is 102 cm³/mol. The van der Waals surface area contributed by atoms with Crippen molar-refractivity contribution in [2.45, 2.75) is 6.42 Å². The van der Waals surface area contributed by atoms with Crippen molar-refractivity contribution in [2.24, 2.45) is 5.41 Å². The molecule has 1 saturated heterocycles. The summed E-state index contributed by atoms with van der Waals surface area (Å²) in [4.78, 5) is 38.3. The van der Waals surface area contributed by atoms with Gasteiger partial charge in [0.1, 0.15) is 5.82 Å². The molecule has 0 unspecified atom stereocenters. The second-order valence-corrected chi connectivity index (χ2v) is 6.93. The van der Waals surface area contributed by atoms with Crippen LogP contribution >= 0.6 is 0 Å². The summed E-state index contributed by atoms with van der Waals surface area (Å²) in [7, 11) is 1.52. The normalized spacial score (nSPS) is 14.7. The highest BCUT2D eigenvalue weighted by atomic mass is 19.1. The fourth-order valence-corrected chi connectivity index (χ4v) is 3.43. The number of carbonyl (C=O) groups is 3. The predicted octanol–water partition coefficient (Wildman–Crippen LogP) is 1.37. The Bertz CT molecular complexity index is 879. The lowest BCUT2D eigenvalue weighted by molar-refractivity contribution is -0.152. The van der Waals surface area contributed by atoms with Crippen LogP contribution in [-0.4, -0.2) is 49.3 Å². The summed E-state index contributed by atoms with van der Waals surface area (Å²) in [5, 5.41) is 5.20. The van der Waals surface area contributed by atoms with E-state index in [-0.39, 0.29) is 49.6 Å². The van der Waals surface area contributed by atoms with Crippen LogP contribution in [0.2, 0.25) is 0 Å². The van der Waals surface area contributed by atoms with Gasteiger partial charge in [-0.25, -0.2) is 4.39 Å². The molecule has 3 amide bonds. The average Bonchev–Trinajstić information content (AvgIpc) is 2.69. The second-order valence-electron chi connectivity index (χ2n) is 6.93. The van der Waals surface area contributed by atoms with Gasteiger partial charge in [0.2, 0.25) is 11.8 Å². The average molecular weight is 383 g/mol. The SMILES string of the molecule is CNC(=O)C1(Cc2ccccc2F)CN(C(=O)CNC(=O)c2ccccc2)C1. The molecule has 0 spiro atoms. The van der Waals surface area contributed by atoms with Crippen molar-refractivity contribution in [3.05, 3.63) is 71.5 Å². The molecule has 0 aromatic heterocycles. The van der Waals surface area contributed by atoms with Gasteiger partial charge in [-0.05, 0) is 30.2 Å². The van der Waals surface area contributed by atoms with Crippen LogP contribution < -0.4 is 10.6 Å². The number of hydrogen-bond acceptors (Lipinski definition) is 3. The van der Waals surface area contributed by atoms with Gasteiger partial charge in [-0.15, -0.1) is 0 Å². The van der Waals surface area contributed by atoms with Gasteiger partial charge in [-0.2, -0.15) is 0 Å². The maximum Gasteiger partial charge on any atom is 0.251 e. The molecular weight excluding hydrogens is 361 g/mol. The van der Waals surface area contributed by atoms with E-state index >= 15 is 0 Å². The number of benzene rings is 2. The first kappa shape index (κ1) is 19.5. The summed E-state index contributed by atoms with van der Waals surface area (Å²) < 4.78 is 14.0. The molecule has 2 N–H and O–H groups in total. The second kappa shape index (κ2) is 8.21. The topological polar surface area (TPSA) is 78.5 Å². The van der Waals surface area contributed by atoms with E-state index in [0.29, 0.717) is 11.1 Å². The number of nitrogens with zero attached hydrogens (tertiary/aromatic N) is 1. The minimum Gasteiger partial charge on any atom is -0.359 e. The molecule has 1 heterocycles. The van der Waals surface area contributed by atoms with Gasteiger partial charge in [0, 0.05) is 25.7 Å². The van der Waals surface area contributed by atoms with Gasteiger partial charge in [-0.3, -0.25) is 14.4 Å². The highest BCUT2D eigenvalue weighted by Crippen LogP contribution is 2.35. The zero-order valence-corrected chi connectivity index (χ0v) is 15.6. The Morgan fingerprint density at radius 3 is 2.32 bits per heavy atom. The molecule has 7 heteroatoms. The molecule has 0 aliphatic carbocycles. The van der Waals surface area contributed by atoms with E-state index in [1.165, 1.54) is 18.0 Å². The van der Waals surface area contributed by atoms with E-state index in [1.54, 1.807) is 48.5 Å². The molecule has 28 heavy (non-hydrogen) atoms. The first-order chi connectivity index (χ1) is 13.4. The Morgan fingerprint density at radius 1 is 1.04 bits per heavy atom. The fraction of sp³-hybridized carbons (Fsp3) is 0.286. The monoisotopic (exact) mass is 383 g/mol. The van der Waals surface area contributed by atoms with Crippen molar-refractivity contribution in [2.75, 3.05) is 26.7 Å². The Morgan fingerprint density at radius 2 is 1.68 bits per heavy atom. The third-order valence-electron chi connectivity index (χ3n) is 4.97. The van der Waals surface area contributed by atoms with Crippen molar-refractivity contribution in [3.8, 4) is 0 Å². The lowest BCUT2D eigenvalue weighted by Gasteiger charge is -2.48. The lowest BCUT2D eigenvalue weighted by Crippen LogP contribution is -2.66. The molecule has 1 fully saturated rings. The van der Waals surface area contributed by atoms with Crippen LogP contribution in [0, 0.1) is 11.2 Å². The third kappa shape index (κ3) is 4.03. The van der Waals surface area contributed by atoms with Crippen molar-refractivity contribution in [1.29, 1.82) is 0 Å². The molecule has 0 atom stereocenters. The van der Waals surface area contributed by atoms with Crippen LogP contribution in [0.15, 0.2) is 54.6 Å². The van der Waals surface area contributed by atoms with Crippen molar-refractivity contribution >= 4 is 17.7 Å². The molecule has 146 valence electrons. The number of halogens is 1. The zero-order chi connectivity index (χ0) is 20.1. The molecule has 0 bridgehead atoms. The first-order valence-electron chi connectivity index (χ1n) is 9.02. The van der Waals surface area contributed by atoms with Crippen LogP contribution in [0.25, 0.3) is 0 Å². The molecule has 0 saturated carbocycles. The van der Waals surface area contributed by atoms with Crippen LogP contribution in [0.3, 0.4) is 0 Å². The largest absolute Gasteiger partial charge is 0.359 e. The van der Waals surface area contributed by atoms with E-state index in [2.05, 4.69) is 10.6 Å². The summed E-state index contributed by atoms with van der Waals surface area (Å²) in [6, 6.07) is 14.9. The summed E-state index contributed by atoms with van der Waals surface area (Å²) in [5.74, 6) is -1.21. The Labute approximate surface area is 162 Å². The minimum atomic E-state index is -0.865. The molecule has 3 rings (SSSR count). The fourth-order valence-electron chi connectivity index (χ4n) is 3.43. The van der Waals surface area contributed by atoms with Crippen molar-refractivity contribution < 1.29 is 18.8 Å². The molecule has 1 aliphatic rings. The van der Waals surface area contributed by atoms with Crippen molar-refractivity contribution in [1.82, 2.24) is 15.5 Å². The molecule has 0 radical (unpaired) electrons. The summed E-state index contributed by atoms with van der Waals surface area (Å²) >= 11 is 0. The van der Waals surface area contributed by atoms with Crippen LogP contribution in [0.4, 0.5) is 4.39 Å². The number of carbonyl (C=O) groups excluding carboxylic acids is 3. The number of rotatable bonds is 6. The zero-order valence-electron chi connectivity index (χ0n) is 15.6. The van der Waals surface area contributed by atoms with E-state index in [9.17, 15) is 18.8 Å². The van der Waals surface area contributed by atoms with Gasteiger partial charge in [0.15, 0.2) is 0 Å². The maximum absolute atomic E-state index is 14.0. The molecule has 6 nitrogen and oxygen atoms in total. The lowest BCUT2D eigenvalue weighted by atomic mass is 9.73. The van der Waals surface area contributed by atoms with Gasteiger partial charge >= 0.3 is 0 Å². The first-order valence-corrected chi connectivity index (χ1v) is 9.02. The molecule has 2 aromatic carbocycles. The highest BCUT2D eigenvalue weighted by molar-refractivity contribution is 5.97. The Balaban J connectivity index is 1.60. The summed E-state index contributed by atoms with van der Waals surface area (Å²) in [6.07, 6.45) is 0.208. The van der Waals surface area contributed by atoms with Crippen LogP contribution in [-0.2, 0) is 16.0 Å². The van der Waals surface area contributed by atoms with Gasteiger partial charge in [-0.1, -0.05) is 36.4 Å². The molecular formula is C21H22FN3O3. The number of amides is 3. The van der Waals surface area contributed by atoms with Crippen LogP contribution in [0.1, 0.15) is 15.9 Å². The van der Waals surface area contributed by atoms with Gasteiger partial charge in [0.05, 0.1) is 12.0 Å². The smallest absolute Gasteiger partial charge is 0.251 e. The minimum absolute atomic E-state index is 0.156. The van der Waals surface area contributed by atoms with E-state index in [4.69, 9.17) is 0 Å². The van der Waals surface area contributed by atoms with E-state index in [0.717, 1.165) is 0 Å². The van der Waals surface area contributed by atoms with E-state index in [1.807, 2.05) is 0 Å². The molecule has 1 aliphatic heterocycles. The molecule has 2 aromatic rings. The summed E-state index contributed by atoms with van der Waals surface area (Å²) in [6.45, 7) is 0.208. The standard InChI is InChI=1S/C21H22FN3O3/c1-23-20(28)21(11-16-9-5-6-10-17(16)22)13-25(14-21)18(26)12-24-19(27)15-7-3-2-4-8-15/h2-10H,11-14H2,1H3,(H,23,28)(H,24,27). The third-order valence-corrected chi connectivity index (χ3v) is 4.97. The number of hydrogen-bond donors (Lipinski definition) is 2. The van der Waals surface area contributed by atoms with Gasteiger partial charge < -0.3 is 15.5 Å². The van der Waals surface area contributed by atoms with E-state index < -0.39 is 5.41 Å². The van der Waals surface area contributed by atoms with Crippen LogP contribution in [0.5, 0.6) is 0 Å². The maximum atomic E-state index is 14.0. The highest BCUT2D eigenvalue weighted by Gasteiger charge is 2.50. The number of likely N-dealkylation sites (tertiary alicyclic amines) is 1. The Kier molecular flexibility index (Phi) is 5.73. The number of nitrogens with one attached hydrogen (secondary N) is 2. The van der Waals surface area contributed by atoms with Crippen molar-refractivity contribution in [3.63, 3.8) is 0 Å². The summed E-state index contributed by atoms with van der Waals surface area (Å²) in [5.41, 5.74) is 0.0458. The Hall–Kier alpha value is -3.22. The quantitative estimate of drug-likeness (QED) is 0.791.